The Labute approximate surface area is 166 Å². The third-order valence-corrected chi connectivity index (χ3v) is 5.24. The first-order valence-corrected chi connectivity index (χ1v) is 9.26. The van der Waals surface area contributed by atoms with Crippen molar-refractivity contribution in [3.63, 3.8) is 0 Å². The number of anilines is 1. The number of nitro groups is 1. The van der Waals surface area contributed by atoms with E-state index in [1.165, 1.54) is 18.3 Å². The molecule has 144 valence electrons. The van der Waals surface area contributed by atoms with E-state index in [0.29, 0.717) is 36.8 Å². The van der Waals surface area contributed by atoms with Crippen LogP contribution in [-0.2, 0) is 7.05 Å². The van der Waals surface area contributed by atoms with Crippen molar-refractivity contribution in [3.05, 3.63) is 50.2 Å². The Kier molecular flexibility index (Phi) is 5.86. The van der Waals surface area contributed by atoms with Crippen molar-refractivity contribution in [2.24, 2.45) is 13.0 Å². The Balaban J connectivity index is 1.56. The Bertz CT molecular complexity index is 839. The number of nitrogens with zero attached hydrogens (tertiary/aromatic N) is 4. The Morgan fingerprint density at radius 1 is 1.33 bits per heavy atom. The fourth-order valence-electron chi connectivity index (χ4n) is 3.20. The molecule has 1 aromatic carbocycles. The van der Waals surface area contributed by atoms with Gasteiger partial charge in [0.2, 0.25) is 0 Å². The van der Waals surface area contributed by atoms with Gasteiger partial charge in [-0.2, -0.15) is 5.10 Å². The van der Waals surface area contributed by atoms with Gasteiger partial charge in [0.05, 0.1) is 32.4 Å². The van der Waals surface area contributed by atoms with Crippen molar-refractivity contribution in [2.45, 2.75) is 12.8 Å². The monoisotopic (exact) mass is 411 g/mol. The maximum absolute atomic E-state index is 12.1. The summed E-state index contributed by atoms with van der Waals surface area (Å²) in [6, 6.07) is 2.64. The number of carbonyl (C=O) groups is 1. The highest BCUT2D eigenvalue weighted by atomic mass is 35.5. The lowest BCUT2D eigenvalue weighted by Crippen LogP contribution is -2.38. The molecule has 1 aliphatic rings. The van der Waals surface area contributed by atoms with Crippen molar-refractivity contribution in [1.82, 2.24) is 15.1 Å². The summed E-state index contributed by atoms with van der Waals surface area (Å²) in [7, 11) is 1.76. The standard InChI is InChI=1S/C17H19Cl2N5O3/c1-22-10-12(9-21-22)17(25)20-8-11-2-4-23(5-3-11)16-14(18)6-13(24(26)27)7-15(16)19/h6-7,9-11H,2-5,8H2,1H3,(H,20,25). The molecule has 1 fully saturated rings. The molecular formula is C17H19Cl2N5O3. The van der Waals surface area contributed by atoms with Crippen molar-refractivity contribution in [2.75, 3.05) is 24.5 Å². The lowest BCUT2D eigenvalue weighted by molar-refractivity contribution is -0.384. The number of carbonyl (C=O) groups excluding carboxylic acids is 1. The highest BCUT2D eigenvalue weighted by Gasteiger charge is 2.25. The number of nitrogens with one attached hydrogen (secondary N) is 1. The molecule has 10 heteroatoms. The van der Waals surface area contributed by atoms with Crippen molar-refractivity contribution in [3.8, 4) is 0 Å². The summed E-state index contributed by atoms with van der Waals surface area (Å²) >= 11 is 12.5. The molecule has 1 N–H and O–H groups in total. The molecule has 1 aromatic heterocycles. The van der Waals surface area contributed by atoms with E-state index in [1.54, 1.807) is 17.9 Å². The van der Waals surface area contributed by atoms with Crippen molar-refractivity contribution in [1.29, 1.82) is 0 Å². The molecule has 0 unspecified atom stereocenters. The number of halogens is 2. The van der Waals surface area contributed by atoms with E-state index in [2.05, 4.69) is 10.4 Å². The van der Waals surface area contributed by atoms with Crippen LogP contribution in [0.15, 0.2) is 24.5 Å². The van der Waals surface area contributed by atoms with Crippen LogP contribution in [0, 0.1) is 16.0 Å². The molecule has 2 heterocycles. The summed E-state index contributed by atoms with van der Waals surface area (Å²) in [5.41, 5.74) is 1.04. The highest BCUT2D eigenvalue weighted by molar-refractivity contribution is 6.39. The molecule has 8 nitrogen and oxygen atoms in total. The zero-order valence-corrected chi connectivity index (χ0v) is 16.2. The molecule has 0 saturated carbocycles. The first-order valence-electron chi connectivity index (χ1n) is 8.50. The number of piperidine rings is 1. The van der Waals surface area contributed by atoms with Gasteiger partial charge >= 0.3 is 0 Å². The molecule has 0 bridgehead atoms. The normalized spacial score (nSPS) is 15.0. The van der Waals surface area contributed by atoms with Crippen LogP contribution in [0.5, 0.6) is 0 Å². The zero-order chi connectivity index (χ0) is 19.6. The van der Waals surface area contributed by atoms with E-state index >= 15 is 0 Å². The van der Waals surface area contributed by atoms with Gasteiger partial charge in [-0.15, -0.1) is 0 Å². The molecule has 0 atom stereocenters. The van der Waals surface area contributed by atoms with Gasteiger partial charge in [0.25, 0.3) is 11.6 Å². The lowest BCUT2D eigenvalue weighted by atomic mass is 9.96. The van der Waals surface area contributed by atoms with Gasteiger partial charge in [-0.3, -0.25) is 19.6 Å². The van der Waals surface area contributed by atoms with Gasteiger partial charge in [0.1, 0.15) is 0 Å². The van der Waals surface area contributed by atoms with Crippen LogP contribution in [-0.4, -0.2) is 40.2 Å². The quantitative estimate of drug-likeness (QED) is 0.601. The second kappa shape index (κ2) is 8.14. The van der Waals surface area contributed by atoms with Crippen LogP contribution in [0.25, 0.3) is 0 Å². The molecule has 1 amide bonds. The molecule has 3 rings (SSSR count). The van der Waals surface area contributed by atoms with Crippen LogP contribution in [0.3, 0.4) is 0 Å². The molecule has 0 aliphatic carbocycles. The maximum Gasteiger partial charge on any atom is 0.272 e. The number of rotatable bonds is 5. The number of amides is 1. The van der Waals surface area contributed by atoms with E-state index in [-0.39, 0.29) is 21.6 Å². The molecular weight excluding hydrogens is 393 g/mol. The second-order valence-corrected chi connectivity index (χ2v) is 7.37. The Hall–Kier alpha value is -2.32. The van der Waals surface area contributed by atoms with Crippen LogP contribution < -0.4 is 10.2 Å². The van der Waals surface area contributed by atoms with Gasteiger partial charge in [-0.05, 0) is 18.8 Å². The SMILES string of the molecule is Cn1cc(C(=O)NCC2CCN(c3c(Cl)cc([N+](=O)[O-])cc3Cl)CC2)cn1. The second-order valence-electron chi connectivity index (χ2n) is 6.56. The van der Waals surface area contributed by atoms with E-state index in [1.807, 2.05) is 4.90 Å². The molecule has 27 heavy (non-hydrogen) atoms. The summed E-state index contributed by atoms with van der Waals surface area (Å²) in [6.45, 7) is 2.01. The highest BCUT2D eigenvalue weighted by Crippen LogP contribution is 2.39. The van der Waals surface area contributed by atoms with Gasteiger partial charge < -0.3 is 10.2 Å². The number of hydrogen-bond donors (Lipinski definition) is 1. The predicted octanol–water partition coefficient (Wildman–Crippen LogP) is 3.28. The number of non-ortho nitro benzene ring substituents is 1. The number of aromatic nitrogens is 2. The van der Waals surface area contributed by atoms with E-state index in [0.717, 1.165) is 12.8 Å². The summed E-state index contributed by atoms with van der Waals surface area (Å²) in [5, 5.41) is 18.4. The topological polar surface area (TPSA) is 93.3 Å². The van der Waals surface area contributed by atoms with Crippen molar-refractivity contribution >= 4 is 40.5 Å². The predicted molar refractivity (Wildman–Crippen MR) is 104 cm³/mol. The fourth-order valence-corrected chi connectivity index (χ4v) is 3.91. The number of aryl methyl sites for hydroxylation is 1. The van der Waals surface area contributed by atoms with E-state index in [4.69, 9.17) is 23.2 Å². The minimum absolute atomic E-state index is 0.123. The minimum atomic E-state index is -0.515. The summed E-state index contributed by atoms with van der Waals surface area (Å²) in [5.74, 6) is 0.212. The van der Waals surface area contributed by atoms with E-state index < -0.39 is 4.92 Å². The minimum Gasteiger partial charge on any atom is -0.369 e. The summed E-state index contributed by atoms with van der Waals surface area (Å²) in [6.07, 6.45) is 4.93. The molecule has 0 spiro atoms. The van der Waals surface area contributed by atoms with E-state index in [9.17, 15) is 14.9 Å². The van der Waals surface area contributed by atoms with Crippen LogP contribution in [0.1, 0.15) is 23.2 Å². The lowest BCUT2D eigenvalue weighted by Gasteiger charge is -2.34. The number of benzene rings is 1. The third-order valence-electron chi connectivity index (χ3n) is 4.66. The van der Waals surface area contributed by atoms with Gasteiger partial charge in [-0.25, -0.2) is 0 Å². The van der Waals surface area contributed by atoms with Crippen LogP contribution >= 0.6 is 23.2 Å². The smallest absolute Gasteiger partial charge is 0.272 e. The van der Waals surface area contributed by atoms with Crippen LogP contribution in [0.2, 0.25) is 10.0 Å². The molecule has 1 aliphatic heterocycles. The maximum atomic E-state index is 12.1. The summed E-state index contributed by atoms with van der Waals surface area (Å²) < 4.78 is 1.59. The molecule has 1 saturated heterocycles. The molecule has 2 aromatic rings. The first kappa shape index (κ1) is 19.4. The first-order chi connectivity index (χ1) is 12.8. The average Bonchev–Trinajstić information content (AvgIpc) is 3.06. The zero-order valence-electron chi connectivity index (χ0n) is 14.7. The fraction of sp³-hybridized carbons (Fsp3) is 0.412. The Morgan fingerprint density at radius 2 is 1.96 bits per heavy atom. The third kappa shape index (κ3) is 4.51. The molecule has 0 radical (unpaired) electrons. The van der Waals surface area contributed by atoms with Gasteiger partial charge in [-0.1, -0.05) is 23.2 Å². The number of nitro benzene ring substituents is 1. The van der Waals surface area contributed by atoms with Gasteiger partial charge in [0.15, 0.2) is 0 Å². The van der Waals surface area contributed by atoms with Crippen molar-refractivity contribution < 1.29 is 9.72 Å². The largest absolute Gasteiger partial charge is 0.369 e. The van der Waals surface area contributed by atoms with Gasteiger partial charge in [0, 0.05) is 45.0 Å². The average molecular weight is 412 g/mol. The summed E-state index contributed by atoms with van der Waals surface area (Å²) in [4.78, 5) is 24.5. The number of hydrogen-bond acceptors (Lipinski definition) is 5. The van der Waals surface area contributed by atoms with Crippen LogP contribution in [0.4, 0.5) is 11.4 Å². The Morgan fingerprint density at radius 3 is 2.48 bits per heavy atom.